The van der Waals surface area contributed by atoms with Crippen molar-refractivity contribution in [3.63, 3.8) is 0 Å². The van der Waals surface area contributed by atoms with Crippen molar-refractivity contribution >= 4 is 8.32 Å². The lowest BCUT2D eigenvalue weighted by Crippen LogP contribution is -2.53. The number of rotatable bonds is 7. The average Bonchev–Trinajstić information content (AvgIpc) is 3.26. The maximum atomic E-state index is 9.20. The minimum Gasteiger partial charge on any atom is -0.411 e. The van der Waals surface area contributed by atoms with E-state index in [1.807, 2.05) is 6.08 Å². The summed E-state index contributed by atoms with van der Waals surface area (Å²) in [4.78, 5) is 0. The minimum atomic E-state index is -1.85. The van der Waals surface area contributed by atoms with Gasteiger partial charge < -0.3 is 19.0 Å². The van der Waals surface area contributed by atoms with Crippen LogP contribution in [-0.2, 0) is 13.9 Å². The molecule has 0 saturated carbocycles. The highest BCUT2D eigenvalue weighted by Gasteiger charge is 2.47. The van der Waals surface area contributed by atoms with Crippen molar-refractivity contribution in [2.45, 2.75) is 96.1 Å². The molecule has 1 N–H and O–H groups in total. The molecule has 0 aromatic heterocycles. The van der Waals surface area contributed by atoms with Crippen LogP contribution in [0.1, 0.15) is 47.5 Å². The van der Waals surface area contributed by atoms with Crippen molar-refractivity contribution in [3.05, 3.63) is 12.7 Å². The fourth-order valence-corrected chi connectivity index (χ4v) is 4.75. The van der Waals surface area contributed by atoms with Gasteiger partial charge in [0.05, 0.1) is 31.0 Å². The Morgan fingerprint density at radius 3 is 2.36 bits per heavy atom. The van der Waals surface area contributed by atoms with Crippen molar-refractivity contribution in [1.29, 1.82) is 0 Å². The molecular weight excluding hydrogens is 332 g/mol. The van der Waals surface area contributed by atoms with Gasteiger partial charge in [0, 0.05) is 12.3 Å². The Hall–Kier alpha value is -0.203. The zero-order chi connectivity index (χ0) is 19.0. The monoisotopic (exact) mass is 370 g/mol. The lowest BCUT2D eigenvalue weighted by Gasteiger charge is -2.47. The predicted octanol–water partition coefficient (Wildman–Crippen LogP) is 4.14. The molecule has 0 bridgehead atoms. The molecule has 4 nitrogen and oxygen atoms in total. The Morgan fingerprint density at radius 2 is 1.88 bits per heavy atom. The third-order valence-electron chi connectivity index (χ3n) is 6.41. The van der Waals surface area contributed by atoms with Gasteiger partial charge in [0.15, 0.2) is 8.32 Å². The lowest BCUT2D eigenvalue weighted by atomic mass is 9.85. The van der Waals surface area contributed by atoms with E-state index in [1.165, 1.54) is 0 Å². The fourth-order valence-electron chi connectivity index (χ4n) is 3.41. The Kier molecular flexibility index (Phi) is 6.59. The molecule has 5 heteroatoms. The first-order valence-corrected chi connectivity index (χ1v) is 12.6. The molecule has 146 valence electrons. The number of ether oxygens (including phenoxy) is 2. The number of hydrogen-bond donors (Lipinski definition) is 1. The summed E-state index contributed by atoms with van der Waals surface area (Å²) in [7, 11) is -1.85. The lowest BCUT2D eigenvalue weighted by molar-refractivity contribution is -0.152. The van der Waals surface area contributed by atoms with Crippen LogP contribution in [-0.4, -0.2) is 50.6 Å². The predicted molar refractivity (Wildman–Crippen MR) is 104 cm³/mol. The van der Waals surface area contributed by atoms with E-state index in [9.17, 15) is 5.11 Å². The summed E-state index contributed by atoms with van der Waals surface area (Å²) < 4.78 is 18.8. The third-order valence-corrected chi connectivity index (χ3v) is 10.9. The first-order valence-electron chi connectivity index (χ1n) is 9.72. The standard InChI is InChI=1S/C20H38O4Si/c1-9-13(2)19-17(24-25(7,8)20(4,5)6)10-14(3)15(23-19)11-16-18(12-21)22-16/h9,13-19,21H,1,10-12H2,2-8H3/t13-,14+,15+,16+,17-,18?,19-/m0/s1. The smallest absolute Gasteiger partial charge is 0.192 e. The molecule has 0 aliphatic carbocycles. The van der Waals surface area contributed by atoms with Gasteiger partial charge in [0.1, 0.15) is 6.10 Å². The number of epoxide rings is 1. The summed E-state index contributed by atoms with van der Waals surface area (Å²) in [5.41, 5.74) is 0. The molecule has 2 aliphatic heterocycles. The zero-order valence-electron chi connectivity index (χ0n) is 17.1. The molecule has 2 rings (SSSR count). The van der Waals surface area contributed by atoms with E-state index in [4.69, 9.17) is 13.9 Å². The number of aliphatic hydroxyl groups excluding tert-OH is 1. The normalized spacial score (nSPS) is 37.6. The first kappa shape index (κ1) is 21.1. The molecule has 0 aromatic rings. The molecule has 0 aromatic carbocycles. The summed E-state index contributed by atoms with van der Waals surface area (Å²) in [6, 6.07) is 0. The van der Waals surface area contributed by atoms with Crippen LogP contribution >= 0.6 is 0 Å². The molecule has 2 heterocycles. The van der Waals surface area contributed by atoms with Crippen LogP contribution in [0.3, 0.4) is 0 Å². The maximum absolute atomic E-state index is 9.20. The molecule has 2 aliphatic rings. The summed E-state index contributed by atoms with van der Waals surface area (Å²) in [5.74, 6) is 0.671. The second-order valence-corrected chi connectivity index (χ2v) is 14.3. The van der Waals surface area contributed by atoms with Crippen molar-refractivity contribution in [2.24, 2.45) is 11.8 Å². The van der Waals surface area contributed by atoms with E-state index in [2.05, 4.69) is 54.3 Å². The van der Waals surface area contributed by atoms with Gasteiger partial charge in [-0.15, -0.1) is 6.58 Å². The largest absolute Gasteiger partial charge is 0.411 e. The van der Waals surface area contributed by atoms with Gasteiger partial charge in [-0.3, -0.25) is 0 Å². The molecule has 2 fully saturated rings. The fraction of sp³-hybridized carbons (Fsp3) is 0.900. The van der Waals surface area contributed by atoms with E-state index >= 15 is 0 Å². The van der Waals surface area contributed by atoms with E-state index in [0.29, 0.717) is 5.92 Å². The van der Waals surface area contributed by atoms with Crippen LogP contribution in [0.2, 0.25) is 18.1 Å². The van der Waals surface area contributed by atoms with Gasteiger partial charge in [-0.1, -0.05) is 40.7 Å². The average molecular weight is 371 g/mol. The van der Waals surface area contributed by atoms with Crippen LogP contribution in [0.25, 0.3) is 0 Å². The molecule has 0 spiro atoms. The molecule has 7 atom stereocenters. The van der Waals surface area contributed by atoms with Gasteiger partial charge in [-0.2, -0.15) is 0 Å². The van der Waals surface area contributed by atoms with Gasteiger partial charge in [-0.25, -0.2) is 0 Å². The Balaban J connectivity index is 2.08. The number of hydrogen-bond acceptors (Lipinski definition) is 4. The molecule has 0 amide bonds. The van der Waals surface area contributed by atoms with E-state index in [1.54, 1.807) is 0 Å². The molecule has 1 unspecified atom stereocenters. The minimum absolute atomic E-state index is 0.00674. The van der Waals surface area contributed by atoms with E-state index in [0.717, 1.165) is 12.8 Å². The summed E-state index contributed by atoms with van der Waals surface area (Å²) in [6.45, 7) is 19.9. The van der Waals surface area contributed by atoms with Crippen LogP contribution in [0, 0.1) is 11.8 Å². The molecule has 25 heavy (non-hydrogen) atoms. The topological polar surface area (TPSA) is 51.2 Å². The van der Waals surface area contributed by atoms with Crippen LogP contribution in [0.4, 0.5) is 0 Å². The third kappa shape index (κ3) is 4.95. The summed E-state index contributed by atoms with van der Waals surface area (Å²) >= 11 is 0. The Morgan fingerprint density at radius 1 is 1.24 bits per heavy atom. The Bertz CT molecular complexity index is 459. The SMILES string of the molecule is C=C[C@H](C)[C@@H]1O[C@H](C[C@H]2OC2CO)[C@H](C)C[C@@H]1O[Si](C)(C)C(C)(C)C. The molecule has 2 saturated heterocycles. The van der Waals surface area contributed by atoms with Gasteiger partial charge in [0.25, 0.3) is 0 Å². The first-order chi connectivity index (χ1) is 11.5. The zero-order valence-corrected chi connectivity index (χ0v) is 18.1. The quantitative estimate of drug-likeness (QED) is 0.416. The summed E-state index contributed by atoms with van der Waals surface area (Å²) in [6.07, 6.45) is 4.32. The van der Waals surface area contributed by atoms with Crippen molar-refractivity contribution in [3.8, 4) is 0 Å². The molecular formula is C20H38O4Si. The van der Waals surface area contributed by atoms with Crippen LogP contribution < -0.4 is 0 Å². The highest BCUT2D eigenvalue weighted by molar-refractivity contribution is 6.74. The summed E-state index contributed by atoms with van der Waals surface area (Å²) in [5, 5.41) is 9.39. The van der Waals surface area contributed by atoms with Crippen molar-refractivity contribution in [2.75, 3.05) is 6.61 Å². The number of aliphatic hydroxyl groups is 1. The molecule has 0 radical (unpaired) electrons. The second kappa shape index (κ2) is 7.81. The van der Waals surface area contributed by atoms with E-state index in [-0.39, 0.29) is 48.1 Å². The van der Waals surface area contributed by atoms with Crippen LogP contribution in [0.5, 0.6) is 0 Å². The van der Waals surface area contributed by atoms with Gasteiger partial charge in [0.2, 0.25) is 0 Å². The maximum Gasteiger partial charge on any atom is 0.192 e. The highest BCUT2D eigenvalue weighted by Crippen LogP contribution is 2.42. The van der Waals surface area contributed by atoms with Crippen molar-refractivity contribution < 1.29 is 19.0 Å². The Labute approximate surface area is 155 Å². The van der Waals surface area contributed by atoms with Crippen molar-refractivity contribution in [1.82, 2.24) is 0 Å². The van der Waals surface area contributed by atoms with E-state index < -0.39 is 8.32 Å². The highest BCUT2D eigenvalue weighted by atomic mass is 28.4. The second-order valence-electron chi connectivity index (χ2n) is 9.49. The van der Waals surface area contributed by atoms with Gasteiger partial charge in [-0.05, 0) is 30.5 Å². The van der Waals surface area contributed by atoms with Crippen LogP contribution in [0.15, 0.2) is 12.7 Å². The van der Waals surface area contributed by atoms with Gasteiger partial charge >= 0.3 is 0 Å².